The van der Waals surface area contributed by atoms with Crippen LogP contribution in [-0.2, 0) is 19.1 Å². The summed E-state index contributed by atoms with van der Waals surface area (Å²) < 4.78 is 4.23. The highest BCUT2D eigenvalue weighted by atomic mass is 16.6. The SMILES string of the molecule is CCCCC(=O)C(=O)OC(=O)CC. The van der Waals surface area contributed by atoms with Crippen molar-refractivity contribution in [1.29, 1.82) is 0 Å². The highest BCUT2D eigenvalue weighted by Gasteiger charge is 2.17. The molecule has 0 aliphatic heterocycles. The number of carbonyl (C=O) groups is 3. The van der Waals surface area contributed by atoms with E-state index in [1.54, 1.807) is 6.92 Å². The van der Waals surface area contributed by atoms with Crippen LogP contribution in [0, 0.1) is 0 Å². The molecule has 4 heteroatoms. The van der Waals surface area contributed by atoms with E-state index in [1.165, 1.54) is 0 Å². The zero-order valence-electron chi connectivity index (χ0n) is 7.96. The van der Waals surface area contributed by atoms with Crippen molar-refractivity contribution in [2.75, 3.05) is 0 Å². The number of ketones is 1. The van der Waals surface area contributed by atoms with E-state index < -0.39 is 17.7 Å². The van der Waals surface area contributed by atoms with Crippen LogP contribution >= 0.6 is 0 Å². The fourth-order valence-corrected chi connectivity index (χ4v) is 0.672. The fraction of sp³-hybridized carbons (Fsp3) is 0.667. The second-order valence-corrected chi connectivity index (χ2v) is 2.64. The molecule has 0 atom stereocenters. The molecular weight excluding hydrogens is 172 g/mol. The summed E-state index contributed by atoms with van der Waals surface area (Å²) in [6.45, 7) is 3.47. The van der Waals surface area contributed by atoms with E-state index in [0.29, 0.717) is 6.42 Å². The summed E-state index contributed by atoms with van der Waals surface area (Å²) in [5.41, 5.74) is 0. The second-order valence-electron chi connectivity index (χ2n) is 2.64. The standard InChI is InChI=1S/C9H14O4/c1-3-5-6-7(10)9(12)13-8(11)4-2/h3-6H2,1-2H3. The highest BCUT2D eigenvalue weighted by molar-refractivity contribution is 6.35. The van der Waals surface area contributed by atoms with E-state index in [-0.39, 0.29) is 12.8 Å². The summed E-state index contributed by atoms with van der Waals surface area (Å²) in [5, 5.41) is 0. The molecule has 0 aliphatic carbocycles. The lowest BCUT2D eigenvalue weighted by Gasteiger charge is -1.98. The van der Waals surface area contributed by atoms with E-state index in [1.807, 2.05) is 6.92 Å². The molecule has 0 aromatic carbocycles. The normalized spacial score (nSPS) is 9.38. The Kier molecular flexibility index (Phi) is 5.76. The molecule has 0 rings (SSSR count). The summed E-state index contributed by atoms with van der Waals surface area (Å²) >= 11 is 0. The lowest BCUT2D eigenvalue weighted by atomic mass is 10.2. The number of ether oxygens (including phenoxy) is 1. The summed E-state index contributed by atoms with van der Waals surface area (Å²) in [4.78, 5) is 32.4. The third kappa shape index (κ3) is 5.11. The van der Waals surface area contributed by atoms with Gasteiger partial charge in [-0.1, -0.05) is 20.3 Å². The van der Waals surface area contributed by atoms with Gasteiger partial charge in [0.15, 0.2) is 0 Å². The van der Waals surface area contributed by atoms with Gasteiger partial charge in [-0.3, -0.25) is 9.59 Å². The van der Waals surface area contributed by atoms with Gasteiger partial charge in [-0.2, -0.15) is 0 Å². The molecule has 0 aromatic rings. The molecule has 0 fully saturated rings. The lowest BCUT2D eigenvalue weighted by molar-refractivity contribution is -0.164. The van der Waals surface area contributed by atoms with E-state index >= 15 is 0 Å². The molecule has 74 valence electrons. The van der Waals surface area contributed by atoms with Crippen molar-refractivity contribution in [3.05, 3.63) is 0 Å². The molecule has 0 bridgehead atoms. The predicted octanol–water partition coefficient (Wildman–Crippen LogP) is 1.23. The fourth-order valence-electron chi connectivity index (χ4n) is 0.672. The molecule has 0 unspecified atom stereocenters. The number of Topliss-reactive ketones (excluding diaryl/α,β-unsaturated/α-hetero) is 1. The van der Waals surface area contributed by atoms with Gasteiger partial charge in [-0.15, -0.1) is 0 Å². The van der Waals surface area contributed by atoms with Crippen LogP contribution in [0.2, 0.25) is 0 Å². The molecule has 0 aliphatic rings. The molecule has 0 saturated heterocycles. The zero-order chi connectivity index (χ0) is 10.3. The number of hydrogen-bond acceptors (Lipinski definition) is 4. The maximum Gasteiger partial charge on any atom is 0.382 e. The van der Waals surface area contributed by atoms with Crippen LogP contribution in [0.4, 0.5) is 0 Å². The minimum atomic E-state index is -1.03. The van der Waals surface area contributed by atoms with Crippen molar-refractivity contribution >= 4 is 17.7 Å². The quantitative estimate of drug-likeness (QED) is 0.368. The Bertz CT molecular complexity index is 208. The number of unbranched alkanes of at least 4 members (excludes halogenated alkanes) is 1. The van der Waals surface area contributed by atoms with Crippen molar-refractivity contribution in [2.24, 2.45) is 0 Å². The molecule has 0 saturated carbocycles. The lowest BCUT2D eigenvalue weighted by Crippen LogP contribution is -2.20. The van der Waals surface area contributed by atoms with Gasteiger partial charge >= 0.3 is 11.9 Å². The predicted molar refractivity (Wildman–Crippen MR) is 45.9 cm³/mol. The molecule has 0 radical (unpaired) electrons. The first-order chi connectivity index (χ1) is 6.11. The zero-order valence-corrected chi connectivity index (χ0v) is 7.96. The molecule has 0 aromatic heterocycles. The Balaban J connectivity index is 3.83. The third-order valence-corrected chi connectivity index (χ3v) is 1.48. The van der Waals surface area contributed by atoms with E-state index in [4.69, 9.17) is 0 Å². The van der Waals surface area contributed by atoms with Crippen molar-refractivity contribution in [3.63, 3.8) is 0 Å². The van der Waals surface area contributed by atoms with Crippen molar-refractivity contribution in [3.8, 4) is 0 Å². The van der Waals surface area contributed by atoms with E-state index in [0.717, 1.165) is 6.42 Å². The van der Waals surface area contributed by atoms with Crippen molar-refractivity contribution in [1.82, 2.24) is 0 Å². The molecular formula is C9H14O4. The number of carbonyl (C=O) groups excluding carboxylic acids is 3. The van der Waals surface area contributed by atoms with Gasteiger partial charge < -0.3 is 4.74 Å². The van der Waals surface area contributed by atoms with Gasteiger partial charge in [0.25, 0.3) is 0 Å². The minimum Gasteiger partial charge on any atom is -0.387 e. The van der Waals surface area contributed by atoms with Crippen LogP contribution < -0.4 is 0 Å². The minimum absolute atomic E-state index is 0.104. The molecule has 0 amide bonds. The van der Waals surface area contributed by atoms with Crippen LogP contribution in [0.3, 0.4) is 0 Å². The van der Waals surface area contributed by atoms with E-state index in [9.17, 15) is 14.4 Å². The largest absolute Gasteiger partial charge is 0.387 e. The molecule has 13 heavy (non-hydrogen) atoms. The van der Waals surface area contributed by atoms with E-state index in [2.05, 4.69) is 4.74 Å². The second kappa shape index (κ2) is 6.34. The first kappa shape index (κ1) is 11.8. The number of esters is 2. The first-order valence-corrected chi connectivity index (χ1v) is 4.39. The Morgan fingerprint density at radius 1 is 1.15 bits per heavy atom. The van der Waals surface area contributed by atoms with Gasteiger partial charge in [0.2, 0.25) is 5.78 Å². The Hall–Kier alpha value is -1.19. The Labute approximate surface area is 77.3 Å². The molecule has 0 spiro atoms. The Morgan fingerprint density at radius 3 is 2.23 bits per heavy atom. The summed E-state index contributed by atoms with van der Waals surface area (Å²) in [5.74, 6) is -2.31. The summed E-state index contributed by atoms with van der Waals surface area (Å²) in [7, 11) is 0. The summed E-state index contributed by atoms with van der Waals surface area (Å²) in [6, 6.07) is 0. The van der Waals surface area contributed by atoms with Crippen molar-refractivity contribution < 1.29 is 19.1 Å². The van der Waals surface area contributed by atoms with Crippen LogP contribution in [0.15, 0.2) is 0 Å². The van der Waals surface area contributed by atoms with Crippen LogP contribution in [-0.4, -0.2) is 17.7 Å². The summed E-state index contributed by atoms with van der Waals surface area (Å²) in [6.07, 6.45) is 1.74. The van der Waals surface area contributed by atoms with Gasteiger partial charge in [0, 0.05) is 12.8 Å². The average Bonchev–Trinajstić information content (AvgIpc) is 2.13. The monoisotopic (exact) mass is 186 g/mol. The maximum absolute atomic E-state index is 10.9. The smallest absolute Gasteiger partial charge is 0.382 e. The van der Waals surface area contributed by atoms with Gasteiger partial charge in [-0.05, 0) is 6.42 Å². The first-order valence-electron chi connectivity index (χ1n) is 4.39. The maximum atomic E-state index is 10.9. The van der Waals surface area contributed by atoms with Gasteiger partial charge in [-0.25, -0.2) is 4.79 Å². The van der Waals surface area contributed by atoms with Crippen LogP contribution in [0.5, 0.6) is 0 Å². The van der Waals surface area contributed by atoms with Crippen LogP contribution in [0.25, 0.3) is 0 Å². The van der Waals surface area contributed by atoms with Crippen molar-refractivity contribution in [2.45, 2.75) is 39.5 Å². The highest BCUT2D eigenvalue weighted by Crippen LogP contribution is 1.97. The Morgan fingerprint density at radius 2 is 1.77 bits per heavy atom. The van der Waals surface area contributed by atoms with Crippen LogP contribution in [0.1, 0.15) is 39.5 Å². The number of rotatable bonds is 5. The molecule has 4 nitrogen and oxygen atoms in total. The van der Waals surface area contributed by atoms with Gasteiger partial charge in [0.05, 0.1) is 0 Å². The molecule has 0 N–H and O–H groups in total. The topological polar surface area (TPSA) is 60.4 Å². The molecule has 0 heterocycles. The number of hydrogen-bond donors (Lipinski definition) is 0. The van der Waals surface area contributed by atoms with Gasteiger partial charge in [0.1, 0.15) is 0 Å². The average molecular weight is 186 g/mol. The third-order valence-electron chi connectivity index (χ3n) is 1.48.